The van der Waals surface area contributed by atoms with Crippen molar-refractivity contribution in [1.29, 1.82) is 0 Å². The van der Waals surface area contributed by atoms with Crippen LogP contribution in [0.1, 0.15) is 52.4 Å². The Kier molecular flexibility index (Phi) is 5.39. The lowest BCUT2D eigenvalue weighted by Gasteiger charge is -2.23. The van der Waals surface area contributed by atoms with E-state index in [2.05, 4.69) is 51.1 Å². The molecule has 1 unspecified atom stereocenters. The summed E-state index contributed by atoms with van der Waals surface area (Å²) in [4.78, 5) is 0. The summed E-state index contributed by atoms with van der Waals surface area (Å²) >= 11 is 0. The van der Waals surface area contributed by atoms with Gasteiger partial charge in [0.15, 0.2) is 0 Å². The van der Waals surface area contributed by atoms with Crippen molar-refractivity contribution in [2.24, 2.45) is 13.0 Å². The molecule has 1 N–H and O–H groups in total. The smallest absolute Gasteiger partial charge is 0.0624 e. The van der Waals surface area contributed by atoms with Crippen LogP contribution in [-0.4, -0.2) is 21.9 Å². The zero-order valence-electron chi connectivity index (χ0n) is 12.9. The lowest BCUT2D eigenvalue weighted by molar-refractivity contribution is 0.371. The first kappa shape index (κ1) is 15.2. The van der Waals surface area contributed by atoms with Crippen LogP contribution in [0.5, 0.6) is 0 Å². The van der Waals surface area contributed by atoms with Gasteiger partial charge in [-0.25, -0.2) is 0 Å². The number of hydrogen-bond acceptors (Lipinski definition) is 2. The molecule has 1 atom stereocenters. The second kappa shape index (κ2) is 6.37. The van der Waals surface area contributed by atoms with Crippen molar-refractivity contribution in [3.8, 4) is 0 Å². The van der Waals surface area contributed by atoms with E-state index in [1.165, 1.54) is 17.8 Å². The highest BCUT2D eigenvalue weighted by atomic mass is 15.3. The van der Waals surface area contributed by atoms with Crippen LogP contribution in [0.3, 0.4) is 0 Å². The Morgan fingerprint density at radius 1 is 1.39 bits per heavy atom. The Hall–Kier alpha value is -0.830. The lowest BCUT2D eigenvalue weighted by atomic mass is 10.0. The monoisotopic (exact) mass is 251 g/mol. The molecule has 1 aromatic heterocycles. The third-order valence-corrected chi connectivity index (χ3v) is 3.26. The van der Waals surface area contributed by atoms with Crippen LogP contribution < -0.4 is 5.32 Å². The van der Waals surface area contributed by atoms with Gasteiger partial charge in [-0.05, 0) is 58.6 Å². The van der Waals surface area contributed by atoms with Gasteiger partial charge in [-0.3, -0.25) is 4.68 Å². The largest absolute Gasteiger partial charge is 0.312 e. The maximum Gasteiger partial charge on any atom is 0.0624 e. The van der Waals surface area contributed by atoms with E-state index in [0.717, 1.165) is 19.4 Å². The van der Waals surface area contributed by atoms with Crippen LogP contribution in [0, 0.1) is 5.92 Å². The van der Waals surface area contributed by atoms with Gasteiger partial charge < -0.3 is 5.32 Å². The molecule has 0 aromatic carbocycles. The second-order valence-corrected chi connectivity index (χ2v) is 6.38. The Morgan fingerprint density at radius 3 is 2.56 bits per heavy atom. The van der Waals surface area contributed by atoms with Crippen LogP contribution in [-0.2, 0) is 19.9 Å². The van der Waals surface area contributed by atoms with E-state index in [4.69, 9.17) is 0 Å². The fourth-order valence-electron chi connectivity index (χ4n) is 1.96. The summed E-state index contributed by atoms with van der Waals surface area (Å²) in [6, 6.07) is 2.24. The molecule has 0 radical (unpaired) electrons. The van der Waals surface area contributed by atoms with Crippen molar-refractivity contribution in [1.82, 2.24) is 15.1 Å². The molecule has 0 spiro atoms. The van der Waals surface area contributed by atoms with E-state index in [9.17, 15) is 0 Å². The summed E-state index contributed by atoms with van der Waals surface area (Å²) < 4.78 is 2.03. The van der Waals surface area contributed by atoms with E-state index in [1.54, 1.807) is 0 Å². The number of nitrogens with zero attached hydrogens (tertiary/aromatic N) is 2. The maximum atomic E-state index is 4.49. The molecule has 0 fully saturated rings. The Morgan fingerprint density at radius 2 is 2.06 bits per heavy atom. The summed E-state index contributed by atoms with van der Waals surface area (Å²) in [5.74, 6) is 0.698. The SMILES string of the molecule is CCc1cc(CCC(C)CNC(C)(C)C)n(C)n1. The highest BCUT2D eigenvalue weighted by molar-refractivity contribution is 5.10. The van der Waals surface area contributed by atoms with E-state index < -0.39 is 0 Å². The average molecular weight is 251 g/mol. The minimum atomic E-state index is 0.218. The number of rotatable bonds is 6. The molecule has 0 amide bonds. The molecule has 3 nitrogen and oxygen atoms in total. The minimum absolute atomic E-state index is 0.218. The number of aromatic nitrogens is 2. The fraction of sp³-hybridized carbons (Fsp3) is 0.800. The van der Waals surface area contributed by atoms with Crippen molar-refractivity contribution in [2.75, 3.05) is 6.54 Å². The zero-order chi connectivity index (χ0) is 13.8. The van der Waals surface area contributed by atoms with E-state index >= 15 is 0 Å². The van der Waals surface area contributed by atoms with E-state index in [-0.39, 0.29) is 5.54 Å². The average Bonchev–Trinajstić information content (AvgIpc) is 2.64. The molecular formula is C15H29N3. The standard InChI is InChI=1S/C15H29N3/c1-7-13-10-14(18(6)17-13)9-8-12(2)11-16-15(3,4)5/h10,12,16H,7-9,11H2,1-6H3. The van der Waals surface area contributed by atoms with Gasteiger partial charge in [-0.15, -0.1) is 0 Å². The number of hydrogen-bond donors (Lipinski definition) is 1. The van der Waals surface area contributed by atoms with Crippen molar-refractivity contribution in [3.05, 3.63) is 17.5 Å². The molecule has 18 heavy (non-hydrogen) atoms. The van der Waals surface area contributed by atoms with Crippen LogP contribution in [0.25, 0.3) is 0 Å². The van der Waals surface area contributed by atoms with Gasteiger partial charge in [0.05, 0.1) is 5.69 Å². The fourth-order valence-corrected chi connectivity index (χ4v) is 1.96. The summed E-state index contributed by atoms with van der Waals surface area (Å²) in [5.41, 5.74) is 2.78. The van der Waals surface area contributed by atoms with Crippen LogP contribution in [0.2, 0.25) is 0 Å². The Balaban J connectivity index is 2.37. The third kappa shape index (κ3) is 5.21. The summed E-state index contributed by atoms with van der Waals surface area (Å²) in [5, 5.41) is 8.06. The quantitative estimate of drug-likeness (QED) is 0.842. The molecule has 0 aliphatic rings. The summed E-state index contributed by atoms with van der Waals surface area (Å²) in [7, 11) is 2.05. The molecule has 0 saturated carbocycles. The van der Waals surface area contributed by atoms with Crippen LogP contribution in [0.4, 0.5) is 0 Å². The predicted molar refractivity (Wildman–Crippen MR) is 77.8 cm³/mol. The third-order valence-electron chi connectivity index (χ3n) is 3.26. The van der Waals surface area contributed by atoms with Gasteiger partial charge >= 0.3 is 0 Å². The van der Waals surface area contributed by atoms with E-state index in [0.29, 0.717) is 5.92 Å². The topological polar surface area (TPSA) is 29.9 Å². The molecule has 0 aliphatic carbocycles. The van der Waals surface area contributed by atoms with Gasteiger partial charge in [0.25, 0.3) is 0 Å². The summed E-state index contributed by atoms with van der Waals surface area (Å²) in [6.07, 6.45) is 3.36. The number of aryl methyl sites for hydroxylation is 3. The van der Waals surface area contributed by atoms with Gasteiger partial charge in [0.2, 0.25) is 0 Å². The minimum Gasteiger partial charge on any atom is -0.312 e. The molecule has 0 saturated heterocycles. The van der Waals surface area contributed by atoms with Gasteiger partial charge in [0.1, 0.15) is 0 Å². The highest BCUT2D eigenvalue weighted by Gasteiger charge is 2.12. The Labute approximate surface area is 112 Å². The molecular weight excluding hydrogens is 222 g/mol. The zero-order valence-corrected chi connectivity index (χ0v) is 12.9. The molecule has 1 rings (SSSR count). The molecule has 0 aliphatic heterocycles. The van der Waals surface area contributed by atoms with Gasteiger partial charge in [-0.2, -0.15) is 5.10 Å². The van der Waals surface area contributed by atoms with Crippen molar-refractivity contribution in [3.63, 3.8) is 0 Å². The normalized spacial score (nSPS) is 13.9. The van der Waals surface area contributed by atoms with Gasteiger partial charge in [0, 0.05) is 18.3 Å². The first-order chi connectivity index (χ1) is 8.31. The molecule has 104 valence electrons. The second-order valence-electron chi connectivity index (χ2n) is 6.38. The molecule has 0 bridgehead atoms. The van der Waals surface area contributed by atoms with Gasteiger partial charge in [-0.1, -0.05) is 13.8 Å². The highest BCUT2D eigenvalue weighted by Crippen LogP contribution is 2.11. The molecule has 1 aromatic rings. The Bertz CT molecular complexity index is 360. The maximum absolute atomic E-state index is 4.49. The lowest BCUT2D eigenvalue weighted by Crippen LogP contribution is -2.38. The first-order valence-electron chi connectivity index (χ1n) is 7.08. The predicted octanol–water partition coefficient (Wildman–Crippen LogP) is 2.94. The van der Waals surface area contributed by atoms with Crippen molar-refractivity contribution >= 4 is 0 Å². The first-order valence-corrected chi connectivity index (χ1v) is 7.08. The molecule has 3 heteroatoms. The molecule has 1 heterocycles. The number of nitrogens with one attached hydrogen (secondary N) is 1. The van der Waals surface area contributed by atoms with Crippen molar-refractivity contribution < 1.29 is 0 Å². The van der Waals surface area contributed by atoms with E-state index in [1.807, 2.05) is 11.7 Å². The van der Waals surface area contributed by atoms with Crippen LogP contribution >= 0.6 is 0 Å². The summed E-state index contributed by atoms with van der Waals surface area (Å²) in [6.45, 7) is 12.2. The van der Waals surface area contributed by atoms with Crippen LogP contribution in [0.15, 0.2) is 6.07 Å². The van der Waals surface area contributed by atoms with Crippen molar-refractivity contribution in [2.45, 2.75) is 59.4 Å².